The van der Waals surface area contributed by atoms with Gasteiger partial charge in [-0.05, 0) is 56.3 Å². The van der Waals surface area contributed by atoms with Gasteiger partial charge in [0.15, 0.2) is 0 Å². The van der Waals surface area contributed by atoms with Crippen LogP contribution in [0.5, 0.6) is 0 Å². The third-order valence-corrected chi connectivity index (χ3v) is 3.92. The van der Waals surface area contributed by atoms with E-state index in [0.29, 0.717) is 0 Å². The fourth-order valence-electron chi connectivity index (χ4n) is 3.16. The van der Waals surface area contributed by atoms with Crippen LogP contribution in [-0.4, -0.2) is 18.0 Å². The van der Waals surface area contributed by atoms with Crippen LogP contribution in [0.1, 0.15) is 42.9 Å². The SMILES string of the molecule is Cl.c1ccc2c(c1)CCCC2N1CCCC1. The van der Waals surface area contributed by atoms with Crippen LogP contribution in [0.25, 0.3) is 0 Å². The first-order valence-corrected chi connectivity index (χ1v) is 6.27. The molecule has 88 valence electrons. The summed E-state index contributed by atoms with van der Waals surface area (Å²) in [4.78, 5) is 2.69. The van der Waals surface area contributed by atoms with Crippen molar-refractivity contribution < 1.29 is 0 Å². The van der Waals surface area contributed by atoms with E-state index >= 15 is 0 Å². The zero-order valence-corrected chi connectivity index (χ0v) is 10.5. The molecular weight excluding hydrogens is 218 g/mol. The zero-order chi connectivity index (χ0) is 10.1. The van der Waals surface area contributed by atoms with Gasteiger partial charge in [-0.2, -0.15) is 0 Å². The zero-order valence-electron chi connectivity index (χ0n) is 9.69. The first-order chi connectivity index (χ1) is 7.45. The topological polar surface area (TPSA) is 3.24 Å². The van der Waals surface area contributed by atoms with Gasteiger partial charge in [-0.15, -0.1) is 12.4 Å². The molecule has 0 saturated carbocycles. The third-order valence-electron chi connectivity index (χ3n) is 3.92. The molecule has 1 heterocycles. The molecule has 0 amide bonds. The largest absolute Gasteiger partial charge is 0.296 e. The summed E-state index contributed by atoms with van der Waals surface area (Å²) >= 11 is 0. The molecule has 1 aromatic rings. The molecule has 0 aromatic heterocycles. The smallest absolute Gasteiger partial charge is 0.0350 e. The predicted octanol–water partition coefficient (Wildman–Crippen LogP) is 3.58. The van der Waals surface area contributed by atoms with Crippen LogP contribution in [0.4, 0.5) is 0 Å². The van der Waals surface area contributed by atoms with Gasteiger partial charge in [-0.1, -0.05) is 24.3 Å². The van der Waals surface area contributed by atoms with Crippen LogP contribution < -0.4 is 0 Å². The maximum Gasteiger partial charge on any atom is 0.0350 e. The molecule has 0 bridgehead atoms. The van der Waals surface area contributed by atoms with E-state index in [-0.39, 0.29) is 12.4 Å². The average Bonchev–Trinajstić information content (AvgIpc) is 2.82. The Morgan fingerprint density at radius 1 is 1.00 bits per heavy atom. The number of hydrogen-bond acceptors (Lipinski definition) is 1. The van der Waals surface area contributed by atoms with Gasteiger partial charge >= 0.3 is 0 Å². The highest BCUT2D eigenvalue weighted by Crippen LogP contribution is 2.35. The molecule has 0 N–H and O–H groups in total. The normalized spacial score (nSPS) is 24.9. The van der Waals surface area contributed by atoms with Crippen molar-refractivity contribution in [2.24, 2.45) is 0 Å². The van der Waals surface area contributed by atoms with E-state index in [1.165, 1.54) is 45.2 Å². The Morgan fingerprint density at radius 3 is 2.56 bits per heavy atom. The van der Waals surface area contributed by atoms with E-state index in [2.05, 4.69) is 29.2 Å². The summed E-state index contributed by atoms with van der Waals surface area (Å²) in [6, 6.07) is 9.78. The van der Waals surface area contributed by atoms with Crippen molar-refractivity contribution in [2.45, 2.75) is 38.1 Å². The molecule has 1 saturated heterocycles. The average molecular weight is 238 g/mol. The number of halogens is 1. The Balaban J connectivity index is 0.000000963. The quantitative estimate of drug-likeness (QED) is 0.722. The van der Waals surface area contributed by atoms with Crippen molar-refractivity contribution in [3.05, 3.63) is 35.4 Å². The monoisotopic (exact) mass is 237 g/mol. The van der Waals surface area contributed by atoms with E-state index in [0.717, 1.165) is 6.04 Å². The standard InChI is InChI=1S/C14H19N.ClH/c1-2-8-13-12(6-1)7-5-9-14(13)15-10-3-4-11-15;/h1-2,6,8,14H,3-5,7,9-11H2;1H. The minimum absolute atomic E-state index is 0. The van der Waals surface area contributed by atoms with Crippen molar-refractivity contribution >= 4 is 12.4 Å². The molecule has 3 rings (SSSR count). The lowest BCUT2D eigenvalue weighted by Crippen LogP contribution is -2.28. The van der Waals surface area contributed by atoms with Crippen LogP contribution >= 0.6 is 12.4 Å². The number of aryl methyl sites for hydroxylation is 1. The molecule has 1 atom stereocenters. The minimum atomic E-state index is 0. The fourth-order valence-corrected chi connectivity index (χ4v) is 3.16. The number of rotatable bonds is 1. The second-order valence-corrected chi connectivity index (χ2v) is 4.85. The summed E-state index contributed by atoms with van der Waals surface area (Å²) in [5, 5.41) is 0. The Labute approximate surface area is 104 Å². The molecule has 16 heavy (non-hydrogen) atoms. The molecule has 1 aliphatic carbocycles. The number of hydrogen-bond donors (Lipinski definition) is 0. The lowest BCUT2D eigenvalue weighted by atomic mass is 9.87. The Hall–Kier alpha value is -0.530. The van der Waals surface area contributed by atoms with Gasteiger partial charge in [0.05, 0.1) is 0 Å². The van der Waals surface area contributed by atoms with Crippen molar-refractivity contribution in [3.8, 4) is 0 Å². The van der Waals surface area contributed by atoms with Gasteiger partial charge in [0.2, 0.25) is 0 Å². The predicted molar refractivity (Wildman–Crippen MR) is 70.2 cm³/mol. The number of nitrogens with zero attached hydrogens (tertiary/aromatic N) is 1. The molecule has 1 fully saturated rings. The lowest BCUT2D eigenvalue weighted by molar-refractivity contribution is 0.221. The summed E-state index contributed by atoms with van der Waals surface area (Å²) in [5.41, 5.74) is 3.21. The third kappa shape index (κ3) is 2.11. The van der Waals surface area contributed by atoms with Gasteiger partial charge < -0.3 is 0 Å². The summed E-state index contributed by atoms with van der Waals surface area (Å²) < 4.78 is 0. The van der Waals surface area contributed by atoms with Gasteiger partial charge in [0.25, 0.3) is 0 Å². The Kier molecular flexibility index (Phi) is 3.88. The van der Waals surface area contributed by atoms with E-state index in [4.69, 9.17) is 0 Å². The second-order valence-electron chi connectivity index (χ2n) is 4.85. The van der Waals surface area contributed by atoms with E-state index in [1.807, 2.05) is 0 Å². The summed E-state index contributed by atoms with van der Waals surface area (Å²) in [6.07, 6.45) is 6.84. The van der Waals surface area contributed by atoms with Crippen molar-refractivity contribution in [2.75, 3.05) is 13.1 Å². The molecule has 2 heteroatoms. The van der Waals surface area contributed by atoms with Crippen LogP contribution in [0, 0.1) is 0 Å². The highest BCUT2D eigenvalue weighted by Gasteiger charge is 2.27. The number of likely N-dealkylation sites (tertiary alicyclic amines) is 1. The van der Waals surface area contributed by atoms with Crippen molar-refractivity contribution in [1.82, 2.24) is 4.90 Å². The summed E-state index contributed by atoms with van der Waals surface area (Å²) in [5.74, 6) is 0. The number of benzene rings is 1. The van der Waals surface area contributed by atoms with Crippen molar-refractivity contribution in [1.29, 1.82) is 0 Å². The van der Waals surface area contributed by atoms with Crippen molar-refractivity contribution in [3.63, 3.8) is 0 Å². The van der Waals surface area contributed by atoms with Gasteiger partial charge in [-0.25, -0.2) is 0 Å². The molecule has 2 aliphatic rings. The van der Waals surface area contributed by atoms with E-state index in [9.17, 15) is 0 Å². The summed E-state index contributed by atoms with van der Waals surface area (Å²) in [6.45, 7) is 2.64. The van der Waals surface area contributed by atoms with Crippen LogP contribution in [-0.2, 0) is 6.42 Å². The molecule has 0 radical (unpaired) electrons. The van der Waals surface area contributed by atoms with Gasteiger partial charge in [0.1, 0.15) is 0 Å². The maximum atomic E-state index is 2.69. The highest BCUT2D eigenvalue weighted by molar-refractivity contribution is 5.85. The van der Waals surface area contributed by atoms with Crippen LogP contribution in [0.3, 0.4) is 0 Å². The first kappa shape index (κ1) is 11.9. The molecule has 1 aromatic carbocycles. The Bertz CT molecular complexity index is 344. The first-order valence-electron chi connectivity index (χ1n) is 6.27. The fraction of sp³-hybridized carbons (Fsp3) is 0.571. The highest BCUT2D eigenvalue weighted by atomic mass is 35.5. The maximum absolute atomic E-state index is 2.69. The Morgan fingerprint density at radius 2 is 1.75 bits per heavy atom. The van der Waals surface area contributed by atoms with E-state index < -0.39 is 0 Å². The molecular formula is C14H20ClN. The van der Waals surface area contributed by atoms with Gasteiger partial charge in [-0.3, -0.25) is 4.90 Å². The van der Waals surface area contributed by atoms with Crippen LogP contribution in [0.15, 0.2) is 24.3 Å². The molecule has 0 spiro atoms. The molecule has 1 aliphatic heterocycles. The van der Waals surface area contributed by atoms with Gasteiger partial charge in [0, 0.05) is 6.04 Å². The molecule has 1 unspecified atom stereocenters. The van der Waals surface area contributed by atoms with E-state index in [1.54, 1.807) is 11.1 Å². The van der Waals surface area contributed by atoms with Crippen LogP contribution in [0.2, 0.25) is 0 Å². The minimum Gasteiger partial charge on any atom is -0.296 e. The summed E-state index contributed by atoms with van der Waals surface area (Å²) in [7, 11) is 0. The lowest BCUT2D eigenvalue weighted by Gasteiger charge is -2.32. The molecule has 1 nitrogen and oxygen atoms in total. The second kappa shape index (κ2) is 5.20. The number of fused-ring (bicyclic) bond motifs is 1.